The van der Waals surface area contributed by atoms with Gasteiger partial charge in [-0.25, -0.2) is 9.97 Å². The zero-order chi connectivity index (χ0) is 17.8. The van der Waals surface area contributed by atoms with E-state index >= 15 is 0 Å². The minimum atomic E-state index is 0.361. The number of aromatic nitrogens is 4. The highest BCUT2D eigenvalue weighted by atomic mass is 15.2. The molecular formula is C20H20N6. The molecule has 0 bridgehead atoms. The first kappa shape index (κ1) is 16.3. The fourth-order valence-electron chi connectivity index (χ4n) is 3.52. The predicted octanol–water partition coefficient (Wildman–Crippen LogP) is 2.98. The fraction of sp³-hybridized carbons (Fsp3) is 0.300. The monoisotopic (exact) mass is 344 g/mol. The summed E-state index contributed by atoms with van der Waals surface area (Å²) in [5.41, 5.74) is 1.63. The van der Waals surface area contributed by atoms with E-state index in [-0.39, 0.29) is 0 Å². The molecule has 0 spiro atoms. The summed E-state index contributed by atoms with van der Waals surface area (Å²) in [5.74, 6) is 2.39. The molecule has 1 aliphatic rings. The number of hydrogen-bond donors (Lipinski definition) is 0. The minimum Gasteiger partial charge on any atom is -0.356 e. The maximum absolute atomic E-state index is 8.94. The first-order chi connectivity index (χ1) is 12.8. The van der Waals surface area contributed by atoms with Gasteiger partial charge in [0.05, 0.1) is 17.8 Å². The van der Waals surface area contributed by atoms with Gasteiger partial charge in [0.15, 0.2) is 0 Å². The molecule has 4 heterocycles. The number of piperidine rings is 1. The van der Waals surface area contributed by atoms with Gasteiger partial charge in [-0.1, -0.05) is 6.07 Å². The zero-order valence-corrected chi connectivity index (χ0v) is 14.5. The number of nitrogens with zero attached hydrogens (tertiary/aromatic N) is 6. The molecule has 6 nitrogen and oxygen atoms in total. The molecule has 1 saturated heterocycles. The number of anilines is 1. The molecule has 0 saturated carbocycles. The number of pyridine rings is 2. The average molecular weight is 344 g/mol. The summed E-state index contributed by atoms with van der Waals surface area (Å²) >= 11 is 0. The second-order valence-electron chi connectivity index (χ2n) is 6.54. The number of nitriles is 1. The summed E-state index contributed by atoms with van der Waals surface area (Å²) in [7, 11) is 0. The largest absolute Gasteiger partial charge is 0.356 e. The van der Waals surface area contributed by atoms with Crippen LogP contribution in [0.3, 0.4) is 0 Å². The highest BCUT2D eigenvalue weighted by Gasteiger charge is 2.25. The second-order valence-corrected chi connectivity index (χ2v) is 6.54. The van der Waals surface area contributed by atoms with Crippen LogP contribution < -0.4 is 4.90 Å². The zero-order valence-electron chi connectivity index (χ0n) is 14.5. The molecule has 0 aromatic carbocycles. The Hall–Kier alpha value is -3.20. The smallest absolute Gasteiger partial charge is 0.128 e. The van der Waals surface area contributed by atoms with Gasteiger partial charge in [-0.2, -0.15) is 5.26 Å². The van der Waals surface area contributed by atoms with Gasteiger partial charge < -0.3 is 9.47 Å². The third-order valence-electron chi connectivity index (χ3n) is 4.79. The minimum absolute atomic E-state index is 0.361. The van der Waals surface area contributed by atoms with E-state index in [1.54, 1.807) is 6.20 Å². The summed E-state index contributed by atoms with van der Waals surface area (Å²) < 4.78 is 2.20. The van der Waals surface area contributed by atoms with Crippen molar-refractivity contribution in [3.63, 3.8) is 0 Å². The Kier molecular flexibility index (Phi) is 4.61. The van der Waals surface area contributed by atoms with Crippen molar-refractivity contribution in [2.75, 3.05) is 18.0 Å². The molecule has 4 rings (SSSR count). The van der Waals surface area contributed by atoms with E-state index in [1.165, 1.54) is 0 Å². The van der Waals surface area contributed by atoms with Gasteiger partial charge in [0.2, 0.25) is 0 Å². The molecule has 130 valence electrons. The summed E-state index contributed by atoms with van der Waals surface area (Å²) in [6.07, 6.45) is 9.58. The van der Waals surface area contributed by atoms with E-state index in [0.717, 1.165) is 49.8 Å². The van der Waals surface area contributed by atoms with Crippen LogP contribution in [0.4, 0.5) is 5.82 Å². The van der Waals surface area contributed by atoms with Crippen LogP contribution in [0.2, 0.25) is 0 Å². The highest BCUT2D eigenvalue weighted by molar-refractivity contribution is 5.42. The van der Waals surface area contributed by atoms with Gasteiger partial charge >= 0.3 is 0 Å². The quantitative estimate of drug-likeness (QED) is 0.728. The van der Waals surface area contributed by atoms with Crippen molar-refractivity contribution in [3.05, 3.63) is 72.2 Å². The number of rotatable bonds is 4. The highest BCUT2D eigenvalue weighted by Crippen LogP contribution is 2.28. The Bertz CT molecular complexity index is 894. The third-order valence-corrected chi connectivity index (χ3v) is 4.79. The number of hydrogen-bond acceptors (Lipinski definition) is 5. The van der Waals surface area contributed by atoms with Gasteiger partial charge in [-0.3, -0.25) is 4.98 Å². The van der Waals surface area contributed by atoms with Crippen LogP contribution in [0.15, 0.2) is 55.1 Å². The molecule has 0 N–H and O–H groups in total. The fourth-order valence-corrected chi connectivity index (χ4v) is 3.52. The molecule has 3 aromatic heterocycles. The van der Waals surface area contributed by atoms with Crippen LogP contribution in [0.25, 0.3) is 0 Å². The molecule has 6 heteroatoms. The lowest BCUT2D eigenvalue weighted by molar-refractivity contribution is 0.473. The average Bonchev–Trinajstić information content (AvgIpc) is 3.17. The van der Waals surface area contributed by atoms with Crippen LogP contribution in [0.5, 0.6) is 0 Å². The van der Waals surface area contributed by atoms with Crippen molar-refractivity contribution in [1.82, 2.24) is 19.5 Å². The van der Waals surface area contributed by atoms with Gasteiger partial charge in [0, 0.05) is 43.8 Å². The second kappa shape index (κ2) is 7.36. The summed E-state index contributed by atoms with van der Waals surface area (Å²) in [6.45, 7) is 2.61. The number of imidazole rings is 1. The van der Waals surface area contributed by atoms with E-state index in [0.29, 0.717) is 11.5 Å². The standard InChI is InChI=1S/C20H20N6/c21-12-16-6-7-19(24-13-16)25-10-3-4-17(14-25)20-23-9-11-26(20)15-18-5-1-2-8-22-18/h1-2,5-9,11,13,17H,3-4,10,14-15H2. The molecule has 0 radical (unpaired) electrons. The van der Waals surface area contributed by atoms with E-state index in [1.807, 2.05) is 48.9 Å². The van der Waals surface area contributed by atoms with E-state index in [9.17, 15) is 0 Å². The maximum Gasteiger partial charge on any atom is 0.128 e. The van der Waals surface area contributed by atoms with Crippen LogP contribution >= 0.6 is 0 Å². The lowest BCUT2D eigenvalue weighted by Gasteiger charge is -2.33. The molecule has 1 aliphatic heterocycles. The molecule has 0 aliphatic carbocycles. The molecule has 1 atom stereocenters. The Labute approximate surface area is 152 Å². The lowest BCUT2D eigenvalue weighted by Crippen LogP contribution is -2.36. The summed E-state index contributed by atoms with van der Waals surface area (Å²) in [4.78, 5) is 15.8. The van der Waals surface area contributed by atoms with Crippen molar-refractivity contribution in [2.24, 2.45) is 0 Å². The van der Waals surface area contributed by atoms with Gasteiger partial charge in [-0.05, 0) is 37.1 Å². The van der Waals surface area contributed by atoms with E-state index in [2.05, 4.69) is 30.5 Å². The van der Waals surface area contributed by atoms with Crippen LogP contribution in [-0.2, 0) is 6.54 Å². The Morgan fingerprint density at radius 3 is 2.85 bits per heavy atom. The predicted molar refractivity (Wildman–Crippen MR) is 98.7 cm³/mol. The molecular weight excluding hydrogens is 324 g/mol. The first-order valence-electron chi connectivity index (χ1n) is 8.85. The van der Waals surface area contributed by atoms with Crippen molar-refractivity contribution < 1.29 is 0 Å². The Morgan fingerprint density at radius 1 is 1.12 bits per heavy atom. The van der Waals surface area contributed by atoms with Gasteiger partial charge in [0.25, 0.3) is 0 Å². The first-order valence-corrected chi connectivity index (χ1v) is 8.85. The van der Waals surface area contributed by atoms with Crippen LogP contribution in [-0.4, -0.2) is 32.6 Å². The summed E-state index contributed by atoms with van der Waals surface area (Å²) in [6, 6.07) is 11.9. The molecule has 3 aromatic rings. The molecule has 1 unspecified atom stereocenters. The van der Waals surface area contributed by atoms with Gasteiger partial charge in [0.1, 0.15) is 17.7 Å². The Balaban J connectivity index is 1.51. The maximum atomic E-state index is 8.94. The molecule has 26 heavy (non-hydrogen) atoms. The van der Waals surface area contributed by atoms with E-state index < -0.39 is 0 Å². The Morgan fingerprint density at radius 2 is 2.08 bits per heavy atom. The van der Waals surface area contributed by atoms with Crippen molar-refractivity contribution >= 4 is 5.82 Å². The summed E-state index contributed by atoms with van der Waals surface area (Å²) in [5, 5.41) is 8.94. The van der Waals surface area contributed by atoms with Gasteiger partial charge in [-0.15, -0.1) is 0 Å². The SMILES string of the molecule is N#Cc1ccc(N2CCCC(c3nccn3Cc3ccccn3)C2)nc1. The van der Waals surface area contributed by atoms with Crippen molar-refractivity contribution in [2.45, 2.75) is 25.3 Å². The lowest BCUT2D eigenvalue weighted by atomic mass is 9.97. The topological polar surface area (TPSA) is 70.6 Å². The van der Waals surface area contributed by atoms with E-state index in [4.69, 9.17) is 5.26 Å². The van der Waals surface area contributed by atoms with Crippen molar-refractivity contribution in [3.8, 4) is 6.07 Å². The third kappa shape index (κ3) is 3.42. The van der Waals surface area contributed by atoms with Crippen LogP contribution in [0, 0.1) is 11.3 Å². The van der Waals surface area contributed by atoms with Crippen LogP contribution in [0.1, 0.15) is 35.8 Å². The van der Waals surface area contributed by atoms with Crippen molar-refractivity contribution in [1.29, 1.82) is 5.26 Å². The molecule has 0 amide bonds. The molecule has 1 fully saturated rings. The normalized spacial score (nSPS) is 17.0.